The lowest BCUT2D eigenvalue weighted by atomic mass is 10.2. The summed E-state index contributed by atoms with van der Waals surface area (Å²) in [5.41, 5.74) is 6.22. The Hall–Kier alpha value is -1.16. The van der Waals surface area contributed by atoms with Gasteiger partial charge in [-0.1, -0.05) is 31.1 Å². The van der Waals surface area contributed by atoms with Crippen LogP contribution in [-0.4, -0.2) is 16.8 Å². The number of hydrogen-bond donors (Lipinski definition) is 2. The fourth-order valence-corrected chi connectivity index (χ4v) is 2.35. The Labute approximate surface area is 101 Å². The Morgan fingerprint density at radius 2 is 2.00 bits per heavy atom. The molecule has 3 N–H and O–H groups in total. The smallest absolute Gasteiger partial charge is 0.170 e. The summed E-state index contributed by atoms with van der Waals surface area (Å²) in [6, 6.07) is 7.73. The molecule has 88 valence electrons. The maximum atomic E-state index is 8.52. The van der Waals surface area contributed by atoms with Gasteiger partial charge in [-0.3, -0.25) is 0 Å². The summed E-state index contributed by atoms with van der Waals surface area (Å²) >= 11 is 1.83. The fourth-order valence-electron chi connectivity index (χ4n) is 1.19. The van der Waals surface area contributed by atoms with E-state index in [4.69, 9.17) is 10.9 Å². The fraction of sp³-hybridized carbons (Fsp3) is 0.417. The summed E-state index contributed by atoms with van der Waals surface area (Å²) in [4.78, 5) is 1.22. The Morgan fingerprint density at radius 3 is 2.50 bits per heavy atom. The van der Waals surface area contributed by atoms with Crippen LogP contribution in [0.3, 0.4) is 0 Å². The second-order valence-corrected chi connectivity index (χ2v) is 5.21. The van der Waals surface area contributed by atoms with E-state index in [0.29, 0.717) is 0 Å². The topological polar surface area (TPSA) is 58.6 Å². The van der Waals surface area contributed by atoms with Crippen molar-refractivity contribution >= 4 is 17.6 Å². The summed E-state index contributed by atoms with van der Waals surface area (Å²) in [6.07, 6.45) is 1.21. The molecular weight excluding hydrogens is 220 g/mol. The molecule has 16 heavy (non-hydrogen) atoms. The maximum Gasteiger partial charge on any atom is 0.170 e. The highest BCUT2D eigenvalue weighted by Crippen LogP contribution is 2.20. The molecule has 0 atom stereocenters. The molecule has 0 heterocycles. The second kappa shape index (κ2) is 6.43. The van der Waals surface area contributed by atoms with Gasteiger partial charge in [-0.15, -0.1) is 11.8 Å². The summed E-state index contributed by atoms with van der Waals surface area (Å²) < 4.78 is 0. The van der Waals surface area contributed by atoms with E-state index in [1.54, 1.807) is 0 Å². The molecule has 0 unspecified atom stereocenters. The lowest BCUT2D eigenvalue weighted by Crippen LogP contribution is -2.12. The van der Waals surface area contributed by atoms with E-state index in [1.165, 1.54) is 11.3 Å². The Morgan fingerprint density at radius 1 is 1.38 bits per heavy atom. The molecule has 1 aromatic rings. The third-order valence-corrected chi connectivity index (χ3v) is 3.27. The Balaban J connectivity index is 2.52. The number of rotatable bonds is 5. The summed E-state index contributed by atoms with van der Waals surface area (Å²) in [5, 5.41) is 11.5. The van der Waals surface area contributed by atoms with Gasteiger partial charge in [-0.25, -0.2) is 0 Å². The number of nitrogens with two attached hydrogens (primary N) is 1. The molecule has 0 saturated heterocycles. The first-order valence-corrected chi connectivity index (χ1v) is 6.32. The molecule has 3 nitrogen and oxygen atoms in total. The van der Waals surface area contributed by atoms with Crippen LogP contribution in [0.2, 0.25) is 0 Å². The predicted molar refractivity (Wildman–Crippen MR) is 69.1 cm³/mol. The molecule has 0 fully saturated rings. The van der Waals surface area contributed by atoms with Gasteiger partial charge in [-0.05, 0) is 30.2 Å². The molecule has 4 heteroatoms. The van der Waals surface area contributed by atoms with Crippen molar-refractivity contribution < 1.29 is 5.21 Å². The number of hydrogen-bond acceptors (Lipinski definition) is 3. The average Bonchev–Trinajstić information content (AvgIpc) is 2.28. The SMILES string of the molecule is CC(C)CCSc1ccc(/C(N)=N/O)cc1. The highest BCUT2D eigenvalue weighted by atomic mass is 32.2. The first kappa shape index (κ1) is 12.9. The first-order valence-electron chi connectivity index (χ1n) is 5.34. The molecule has 0 aromatic heterocycles. The van der Waals surface area contributed by atoms with Crippen LogP contribution in [0.15, 0.2) is 34.3 Å². The van der Waals surface area contributed by atoms with Gasteiger partial charge in [0.25, 0.3) is 0 Å². The Bertz CT molecular complexity index is 347. The van der Waals surface area contributed by atoms with Crippen LogP contribution in [0.25, 0.3) is 0 Å². The van der Waals surface area contributed by atoms with Crippen LogP contribution in [0.5, 0.6) is 0 Å². The predicted octanol–water partition coefficient (Wildman–Crippen LogP) is 2.92. The highest BCUT2D eigenvalue weighted by Gasteiger charge is 2.00. The monoisotopic (exact) mass is 238 g/mol. The van der Waals surface area contributed by atoms with Crippen LogP contribution in [0, 0.1) is 5.92 Å². The van der Waals surface area contributed by atoms with E-state index < -0.39 is 0 Å². The van der Waals surface area contributed by atoms with E-state index in [-0.39, 0.29) is 5.84 Å². The first-order chi connectivity index (χ1) is 7.63. The van der Waals surface area contributed by atoms with E-state index in [0.717, 1.165) is 17.2 Å². The van der Waals surface area contributed by atoms with Crippen LogP contribution < -0.4 is 5.73 Å². The molecule has 1 rings (SSSR count). The molecule has 0 aliphatic rings. The third-order valence-electron chi connectivity index (χ3n) is 2.22. The number of oxime groups is 1. The number of nitrogens with zero attached hydrogens (tertiary/aromatic N) is 1. The minimum atomic E-state index is 0.152. The van der Waals surface area contributed by atoms with E-state index in [1.807, 2.05) is 36.0 Å². The number of amidine groups is 1. The zero-order chi connectivity index (χ0) is 12.0. The van der Waals surface area contributed by atoms with Crippen LogP contribution in [-0.2, 0) is 0 Å². The standard InChI is InChI=1S/C12H18N2OS/c1-9(2)7-8-16-11-5-3-10(4-6-11)12(13)14-15/h3-6,9,15H,7-8H2,1-2H3,(H2,13,14). The zero-order valence-corrected chi connectivity index (χ0v) is 10.5. The van der Waals surface area contributed by atoms with Crippen molar-refractivity contribution in [1.29, 1.82) is 0 Å². The second-order valence-electron chi connectivity index (χ2n) is 4.04. The van der Waals surface area contributed by atoms with Crippen LogP contribution in [0.4, 0.5) is 0 Å². The average molecular weight is 238 g/mol. The maximum absolute atomic E-state index is 8.52. The Kier molecular flexibility index (Phi) is 5.19. The molecule has 0 aliphatic carbocycles. The van der Waals surface area contributed by atoms with Gasteiger partial charge < -0.3 is 10.9 Å². The highest BCUT2D eigenvalue weighted by molar-refractivity contribution is 7.99. The lowest BCUT2D eigenvalue weighted by molar-refractivity contribution is 0.318. The van der Waals surface area contributed by atoms with Gasteiger partial charge in [0.1, 0.15) is 0 Å². The van der Waals surface area contributed by atoms with Gasteiger partial charge in [0.2, 0.25) is 0 Å². The minimum Gasteiger partial charge on any atom is -0.409 e. The van der Waals surface area contributed by atoms with Gasteiger partial charge in [-0.2, -0.15) is 0 Å². The summed E-state index contributed by atoms with van der Waals surface area (Å²) in [7, 11) is 0. The molecular formula is C12H18N2OS. The minimum absolute atomic E-state index is 0.152. The quantitative estimate of drug-likeness (QED) is 0.273. The van der Waals surface area contributed by atoms with E-state index in [2.05, 4.69) is 19.0 Å². The van der Waals surface area contributed by atoms with Crippen molar-refractivity contribution in [2.45, 2.75) is 25.2 Å². The number of benzene rings is 1. The molecule has 1 aromatic carbocycles. The normalized spacial score (nSPS) is 12.1. The van der Waals surface area contributed by atoms with E-state index in [9.17, 15) is 0 Å². The third kappa shape index (κ3) is 4.14. The van der Waals surface area contributed by atoms with Crippen molar-refractivity contribution in [1.82, 2.24) is 0 Å². The molecule has 0 aliphatic heterocycles. The molecule has 0 spiro atoms. The van der Waals surface area contributed by atoms with Gasteiger partial charge in [0.05, 0.1) is 0 Å². The zero-order valence-electron chi connectivity index (χ0n) is 9.68. The largest absolute Gasteiger partial charge is 0.409 e. The van der Waals surface area contributed by atoms with Crippen molar-refractivity contribution in [3.8, 4) is 0 Å². The van der Waals surface area contributed by atoms with Crippen molar-refractivity contribution in [3.63, 3.8) is 0 Å². The van der Waals surface area contributed by atoms with Gasteiger partial charge in [0, 0.05) is 10.5 Å². The van der Waals surface area contributed by atoms with Crippen molar-refractivity contribution in [3.05, 3.63) is 29.8 Å². The number of thioether (sulfide) groups is 1. The van der Waals surface area contributed by atoms with E-state index >= 15 is 0 Å². The van der Waals surface area contributed by atoms with Crippen molar-refractivity contribution in [2.24, 2.45) is 16.8 Å². The van der Waals surface area contributed by atoms with Gasteiger partial charge >= 0.3 is 0 Å². The molecule has 0 radical (unpaired) electrons. The summed E-state index contributed by atoms with van der Waals surface area (Å²) in [6.45, 7) is 4.45. The van der Waals surface area contributed by atoms with Gasteiger partial charge in [0.15, 0.2) is 5.84 Å². The molecule has 0 bridgehead atoms. The van der Waals surface area contributed by atoms with Crippen LogP contribution in [0.1, 0.15) is 25.8 Å². The molecule has 0 saturated carbocycles. The van der Waals surface area contributed by atoms with Crippen molar-refractivity contribution in [2.75, 3.05) is 5.75 Å². The summed E-state index contributed by atoms with van der Waals surface area (Å²) in [5.74, 6) is 2.02. The lowest BCUT2D eigenvalue weighted by Gasteiger charge is -2.05. The van der Waals surface area contributed by atoms with Crippen LogP contribution >= 0.6 is 11.8 Å². The molecule has 0 amide bonds.